The molecule has 266 valence electrons. The first-order valence-corrected chi connectivity index (χ1v) is 19.1. The highest BCUT2D eigenvalue weighted by molar-refractivity contribution is 6.49. The molecule has 0 saturated carbocycles. The second kappa shape index (κ2) is 10.8. The Morgan fingerprint density at radius 2 is 0.759 bits per heavy atom. The molecule has 8 aliphatic rings. The van der Waals surface area contributed by atoms with Gasteiger partial charge in [0.25, 0.3) is 0 Å². The number of allylic oxidation sites excluding steroid dienone is 8. The molecule has 3 unspecified atom stereocenters. The van der Waals surface area contributed by atoms with E-state index < -0.39 is 32.1 Å². The van der Waals surface area contributed by atoms with Crippen molar-refractivity contribution in [1.82, 2.24) is 7.10 Å². The molecule has 3 atom stereocenters. The van der Waals surface area contributed by atoms with E-state index in [2.05, 4.69) is 13.8 Å². The van der Waals surface area contributed by atoms with Crippen molar-refractivity contribution in [3.8, 4) is 0 Å². The number of halogens is 4. The van der Waals surface area contributed by atoms with Crippen LogP contribution < -0.4 is 11.0 Å². The Labute approximate surface area is 312 Å². The molecule has 0 amide bonds. The Bertz CT molecular complexity index is 2600. The van der Waals surface area contributed by atoms with Gasteiger partial charge in [0.05, 0.1) is 0 Å². The van der Waals surface area contributed by atoms with Crippen LogP contribution in [0.15, 0.2) is 125 Å². The van der Waals surface area contributed by atoms with Gasteiger partial charge in [0.15, 0.2) is 23.3 Å². The zero-order valence-corrected chi connectivity index (χ0v) is 31.1. The summed E-state index contributed by atoms with van der Waals surface area (Å²) >= 11 is -4.09. The number of nitrogens with zero attached hydrogens (tertiary/aromatic N) is 8. The molecular weight excluding hydrogens is 707 g/mol. The first-order valence-electron chi connectivity index (χ1n) is 17.7. The molecule has 0 saturated heterocycles. The molecule has 10 rings (SSSR count). The van der Waals surface area contributed by atoms with Crippen molar-refractivity contribution in [2.75, 3.05) is 0 Å². The van der Waals surface area contributed by atoms with Crippen molar-refractivity contribution in [3.05, 3.63) is 128 Å². The topological polar surface area (TPSA) is 84.0 Å². The predicted molar refractivity (Wildman–Crippen MR) is 207 cm³/mol. The van der Waals surface area contributed by atoms with E-state index in [9.17, 15) is 0 Å². The van der Waals surface area contributed by atoms with E-state index in [0.717, 1.165) is 0 Å². The molecule has 2 aromatic rings. The van der Waals surface area contributed by atoms with Crippen LogP contribution in [-0.2, 0) is 0 Å². The summed E-state index contributed by atoms with van der Waals surface area (Å²) in [5.41, 5.74) is -1.34. The Hall–Kier alpha value is -5.51. The van der Waals surface area contributed by atoms with E-state index in [-0.39, 0.29) is 39.7 Å². The van der Waals surface area contributed by atoms with Gasteiger partial charge in [-0.15, -0.1) is 0 Å². The molecule has 13 heteroatoms. The van der Waals surface area contributed by atoms with Gasteiger partial charge in [-0.05, 0) is 57.2 Å². The molecule has 6 bridgehead atoms. The quantitative estimate of drug-likeness (QED) is 0.195. The summed E-state index contributed by atoms with van der Waals surface area (Å²) in [4.78, 5) is 30.0. The average molecular weight is 739 g/mol. The highest BCUT2D eigenvalue weighted by Gasteiger charge is 2.43. The van der Waals surface area contributed by atoms with Gasteiger partial charge in [0, 0.05) is 50.0 Å². The number of alkyl halides is 3. The maximum atomic E-state index is 18.4. The van der Waals surface area contributed by atoms with Crippen molar-refractivity contribution >= 4 is 74.3 Å². The standard InChI is InChI=1S/C41H31F3N8.Al.FH/c1-38(2)14-6-22-23(7-15-38)31-45-30(22)46-32-24-8-16-39(3,42)18-10-26(24)34(48-32)50-36-28-12-20-41(5,44)21-13-29(28)37(52-36)51-35-27-11-19-40(4,43)17-9-25(27)33(47-31)49-35;;/h6-21H,1-5H3;;1H/q-2;+3;/p-1. The summed E-state index contributed by atoms with van der Waals surface area (Å²) in [7, 11) is 0. The van der Waals surface area contributed by atoms with Gasteiger partial charge >= 0.3 is 15.0 Å². The van der Waals surface area contributed by atoms with E-state index in [1.807, 2.05) is 24.3 Å². The summed E-state index contributed by atoms with van der Waals surface area (Å²) in [5.74, 6) is 1.29. The third-order valence-electron chi connectivity index (χ3n) is 10.5. The monoisotopic (exact) mass is 738 g/mol. The van der Waals surface area contributed by atoms with Gasteiger partial charge in [-0.2, -0.15) is 0 Å². The van der Waals surface area contributed by atoms with Gasteiger partial charge < -0.3 is 10.6 Å². The van der Waals surface area contributed by atoms with Gasteiger partial charge in [-0.3, -0.25) is 0 Å². The highest BCUT2D eigenvalue weighted by Crippen LogP contribution is 2.44. The fourth-order valence-corrected chi connectivity index (χ4v) is 9.28. The van der Waals surface area contributed by atoms with E-state index in [4.69, 9.17) is 30.0 Å². The summed E-state index contributed by atoms with van der Waals surface area (Å²) in [5, 5.41) is 0. The third kappa shape index (κ3) is 5.02. The third-order valence-corrected chi connectivity index (χ3v) is 12.3. The Morgan fingerprint density at radius 3 is 1.17 bits per heavy atom. The summed E-state index contributed by atoms with van der Waals surface area (Å²) in [6.45, 7) is 8.43. The molecule has 6 heterocycles. The lowest BCUT2D eigenvalue weighted by molar-refractivity contribution is 0.328. The minimum Gasteiger partial charge on any atom is -0.363 e. The normalized spacial score (nSPS) is 28.8. The SMILES string of the molecule is CC1(C)C=CC2=C(C=C1)C1=Nc3c4c(c5[n]3[Al]([F])[n]3c(c6c(c3=NC3=NC(=N5)C5=C3C=CC(C)(F)C=C5)C=CC(C)(F)C=C6)=NC2=N1)C=CC(C)(F)C=C4. The lowest BCUT2D eigenvalue weighted by Crippen LogP contribution is -2.44. The predicted octanol–water partition coefficient (Wildman–Crippen LogP) is 7.93. The summed E-state index contributed by atoms with van der Waals surface area (Å²) in [6.07, 6.45) is 26.0. The fraction of sp³-hybridized carbons (Fsp3) is 0.220. The summed E-state index contributed by atoms with van der Waals surface area (Å²) < 4.78 is 68.1. The average Bonchev–Trinajstić information content (AvgIpc) is 3.61. The zero-order chi connectivity index (χ0) is 37.5. The van der Waals surface area contributed by atoms with Crippen molar-refractivity contribution < 1.29 is 16.7 Å². The minimum atomic E-state index is -4.09. The van der Waals surface area contributed by atoms with Crippen molar-refractivity contribution in [2.45, 2.75) is 51.6 Å². The number of fused-ring (bicyclic) bond motifs is 12. The van der Waals surface area contributed by atoms with Crippen LogP contribution in [0.4, 0.5) is 28.3 Å². The number of rotatable bonds is 0. The molecule has 0 spiro atoms. The van der Waals surface area contributed by atoms with Crippen LogP contribution in [0, 0.1) is 5.41 Å². The minimum absolute atomic E-state index is 0.151. The number of hydrogen-bond acceptors (Lipinski definition) is 6. The highest BCUT2D eigenvalue weighted by atomic mass is 27.3. The molecular formula is C41H31AlF4N8. The first kappa shape index (κ1) is 33.1. The number of aliphatic imine (C=N–C) groups is 4. The summed E-state index contributed by atoms with van der Waals surface area (Å²) in [6, 6.07) is 0. The molecule has 2 aromatic heterocycles. The molecule has 54 heavy (non-hydrogen) atoms. The van der Waals surface area contributed by atoms with E-state index in [1.54, 1.807) is 36.5 Å². The molecule has 0 aromatic carbocycles. The fourth-order valence-electron chi connectivity index (χ4n) is 7.45. The smallest absolute Gasteiger partial charge is 0.363 e. The number of aromatic nitrogens is 2. The lowest BCUT2D eigenvalue weighted by atomic mass is 9.93. The van der Waals surface area contributed by atoms with Crippen LogP contribution in [0.25, 0.3) is 24.3 Å². The van der Waals surface area contributed by atoms with Crippen LogP contribution in [0.1, 0.15) is 56.9 Å². The zero-order valence-electron chi connectivity index (χ0n) is 29.9. The number of amidine groups is 4. The van der Waals surface area contributed by atoms with E-state index in [1.165, 1.54) is 64.3 Å². The van der Waals surface area contributed by atoms with E-state index >= 15 is 16.7 Å². The number of hydrogen-bond donors (Lipinski definition) is 0. The van der Waals surface area contributed by atoms with Crippen molar-refractivity contribution in [3.63, 3.8) is 0 Å². The van der Waals surface area contributed by atoms with Crippen molar-refractivity contribution in [2.24, 2.45) is 35.4 Å². The second-order valence-electron chi connectivity index (χ2n) is 15.6. The van der Waals surface area contributed by atoms with E-state index in [0.29, 0.717) is 56.2 Å². The Morgan fingerprint density at radius 1 is 0.426 bits per heavy atom. The molecule has 8 nitrogen and oxygen atoms in total. The molecule has 4 aliphatic heterocycles. The molecule has 0 radical (unpaired) electrons. The Kier molecular flexibility index (Phi) is 6.62. The van der Waals surface area contributed by atoms with Crippen LogP contribution >= 0.6 is 0 Å². The van der Waals surface area contributed by atoms with Crippen LogP contribution in [0.5, 0.6) is 0 Å². The largest absolute Gasteiger partial charge is 0.852 e. The van der Waals surface area contributed by atoms with Gasteiger partial charge in [0.2, 0.25) is 0 Å². The van der Waals surface area contributed by atoms with Crippen LogP contribution in [0.3, 0.4) is 0 Å². The molecule has 0 fully saturated rings. The van der Waals surface area contributed by atoms with Gasteiger partial charge in [-0.1, -0.05) is 74.6 Å². The van der Waals surface area contributed by atoms with Crippen molar-refractivity contribution in [1.29, 1.82) is 0 Å². The van der Waals surface area contributed by atoms with Gasteiger partial charge in [0.1, 0.15) is 39.6 Å². The maximum absolute atomic E-state index is 18.4. The first-order chi connectivity index (χ1) is 25.6. The van der Waals surface area contributed by atoms with Gasteiger partial charge in [-0.25, -0.2) is 43.1 Å². The maximum Gasteiger partial charge on any atom is 0.852 e. The van der Waals surface area contributed by atoms with Crippen LogP contribution in [0.2, 0.25) is 0 Å². The van der Waals surface area contributed by atoms with Crippen LogP contribution in [-0.4, -0.2) is 62.5 Å². The lowest BCUT2D eigenvalue weighted by Gasteiger charge is -2.15. The Balaban J connectivity index is 1.41. The molecule has 0 N–H and O–H groups in total. The molecule has 4 aliphatic carbocycles. The second-order valence-corrected chi connectivity index (χ2v) is 17.2.